The summed E-state index contributed by atoms with van der Waals surface area (Å²) >= 11 is 5.86. The van der Waals surface area contributed by atoms with Crippen LogP contribution in [0.1, 0.15) is 5.56 Å². The number of halogens is 1. The van der Waals surface area contributed by atoms with Crippen LogP contribution in [0.2, 0.25) is 5.02 Å². The smallest absolute Gasteiger partial charge is 0.181 e. The summed E-state index contributed by atoms with van der Waals surface area (Å²) in [7, 11) is 0. The van der Waals surface area contributed by atoms with Crippen LogP contribution in [0, 0.1) is 6.92 Å². The van der Waals surface area contributed by atoms with E-state index in [-0.39, 0.29) is 0 Å². The minimum Gasteiger partial charge on any atom is -0.443 e. The van der Waals surface area contributed by atoms with E-state index in [2.05, 4.69) is 4.98 Å². The number of hydrogen-bond donors (Lipinski definition) is 0. The van der Waals surface area contributed by atoms with Gasteiger partial charge in [0.05, 0.1) is 0 Å². The Balaban J connectivity index is 2.86. The minimum atomic E-state index is 0.717. The largest absolute Gasteiger partial charge is 0.443 e. The summed E-state index contributed by atoms with van der Waals surface area (Å²) in [5, 5.41) is 0.717. The number of hydrogen-bond acceptors (Lipinski definition) is 2. The van der Waals surface area contributed by atoms with Gasteiger partial charge in [-0.2, -0.15) is 0 Å². The zero-order valence-corrected chi connectivity index (χ0v) is 6.72. The maximum atomic E-state index is 5.86. The third kappa shape index (κ3) is 0.994. The highest BCUT2D eigenvalue weighted by molar-refractivity contribution is 6.31. The highest BCUT2D eigenvalue weighted by Crippen LogP contribution is 2.21. The molecule has 0 atom stereocenters. The standard InChI is InChI=1S/C8H6ClNO/c1-5-2-7-8(3-6(5)9)11-4-10-7/h2-4H,1H3. The Morgan fingerprint density at radius 3 is 3.09 bits per heavy atom. The molecule has 2 rings (SSSR count). The molecule has 11 heavy (non-hydrogen) atoms. The van der Waals surface area contributed by atoms with E-state index in [0.29, 0.717) is 5.02 Å². The highest BCUT2D eigenvalue weighted by Gasteiger charge is 2.01. The van der Waals surface area contributed by atoms with E-state index in [1.165, 1.54) is 6.39 Å². The van der Waals surface area contributed by atoms with Gasteiger partial charge in [-0.15, -0.1) is 0 Å². The van der Waals surface area contributed by atoms with Crippen LogP contribution >= 0.6 is 11.6 Å². The quantitative estimate of drug-likeness (QED) is 0.603. The summed E-state index contributed by atoms with van der Waals surface area (Å²) in [5.74, 6) is 0. The van der Waals surface area contributed by atoms with Crippen LogP contribution in [0.25, 0.3) is 11.1 Å². The van der Waals surface area contributed by atoms with Gasteiger partial charge >= 0.3 is 0 Å². The van der Waals surface area contributed by atoms with Crippen LogP contribution in [-0.2, 0) is 0 Å². The average molecular weight is 168 g/mol. The molecule has 1 aromatic carbocycles. The second-order valence-corrected chi connectivity index (χ2v) is 2.83. The average Bonchev–Trinajstić information content (AvgIpc) is 2.36. The number of aromatic nitrogens is 1. The molecule has 0 unspecified atom stereocenters. The van der Waals surface area contributed by atoms with E-state index in [4.69, 9.17) is 16.0 Å². The van der Waals surface area contributed by atoms with E-state index in [1.54, 1.807) is 6.07 Å². The topological polar surface area (TPSA) is 26.0 Å². The molecule has 0 fully saturated rings. The van der Waals surface area contributed by atoms with E-state index in [0.717, 1.165) is 16.7 Å². The van der Waals surface area contributed by atoms with Crippen LogP contribution < -0.4 is 0 Å². The fraction of sp³-hybridized carbons (Fsp3) is 0.125. The summed E-state index contributed by atoms with van der Waals surface area (Å²) < 4.78 is 5.06. The Labute approximate surface area is 68.8 Å². The summed E-state index contributed by atoms with van der Waals surface area (Å²) in [6, 6.07) is 3.68. The Kier molecular flexibility index (Phi) is 1.36. The van der Waals surface area contributed by atoms with Gasteiger partial charge in [0.25, 0.3) is 0 Å². The summed E-state index contributed by atoms with van der Waals surface area (Å²) in [4.78, 5) is 4.00. The number of aryl methyl sites for hydroxylation is 1. The van der Waals surface area contributed by atoms with Gasteiger partial charge in [0.2, 0.25) is 0 Å². The van der Waals surface area contributed by atoms with Gasteiger partial charge in [-0.25, -0.2) is 4.98 Å². The first-order valence-corrected chi connectivity index (χ1v) is 3.64. The van der Waals surface area contributed by atoms with Crippen LogP contribution in [-0.4, -0.2) is 4.98 Å². The predicted octanol–water partition coefficient (Wildman–Crippen LogP) is 2.79. The lowest BCUT2D eigenvalue weighted by atomic mass is 10.2. The van der Waals surface area contributed by atoms with Gasteiger partial charge in [-0.1, -0.05) is 11.6 Å². The molecule has 0 spiro atoms. The molecule has 0 aliphatic heterocycles. The predicted molar refractivity (Wildman–Crippen MR) is 43.8 cm³/mol. The van der Waals surface area contributed by atoms with E-state index < -0.39 is 0 Å². The Hall–Kier alpha value is -1.02. The molecule has 1 heterocycles. The van der Waals surface area contributed by atoms with Crippen molar-refractivity contribution in [1.29, 1.82) is 0 Å². The molecule has 0 aliphatic rings. The van der Waals surface area contributed by atoms with Gasteiger partial charge in [0, 0.05) is 11.1 Å². The second-order valence-electron chi connectivity index (χ2n) is 2.42. The molecule has 2 nitrogen and oxygen atoms in total. The van der Waals surface area contributed by atoms with Crippen LogP contribution in [0.5, 0.6) is 0 Å². The van der Waals surface area contributed by atoms with Gasteiger partial charge in [-0.05, 0) is 18.6 Å². The van der Waals surface area contributed by atoms with E-state index >= 15 is 0 Å². The van der Waals surface area contributed by atoms with Gasteiger partial charge < -0.3 is 4.42 Å². The first kappa shape index (κ1) is 6.68. The Morgan fingerprint density at radius 1 is 1.45 bits per heavy atom. The first-order chi connectivity index (χ1) is 5.27. The van der Waals surface area contributed by atoms with Crippen molar-refractivity contribution in [1.82, 2.24) is 4.98 Å². The molecule has 0 amide bonds. The lowest BCUT2D eigenvalue weighted by Crippen LogP contribution is -1.74. The fourth-order valence-electron chi connectivity index (χ4n) is 0.983. The van der Waals surface area contributed by atoms with Crippen molar-refractivity contribution in [2.45, 2.75) is 6.92 Å². The molecule has 1 aromatic heterocycles. The second kappa shape index (κ2) is 2.24. The summed E-state index contributed by atoms with van der Waals surface area (Å²) in [6.07, 6.45) is 1.42. The van der Waals surface area contributed by atoms with Crippen molar-refractivity contribution in [2.24, 2.45) is 0 Å². The van der Waals surface area contributed by atoms with Crippen molar-refractivity contribution < 1.29 is 4.42 Å². The lowest BCUT2D eigenvalue weighted by Gasteiger charge is -1.93. The van der Waals surface area contributed by atoms with Gasteiger partial charge in [0.1, 0.15) is 5.52 Å². The molecular formula is C8H6ClNO. The van der Waals surface area contributed by atoms with Crippen molar-refractivity contribution in [2.75, 3.05) is 0 Å². The zero-order valence-electron chi connectivity index (χ0n) is 5.97. The lowest BCUT2D eigenvalue weighted by molar-refractivity contribution is 0.602. The SMILES string of the molecule is Cc1cc2ncoc2cc1Cl. The van der Waals surface area contributed by atoms with Crippen molar-refractivity contribution in [3.8, 4) is 0 Å². The van der Waals surface area contributed by atoms with Gasteiger partial charge in [0.15, 0.2) is 12.0 Å². The monoisotopic (exact) mass is 167 g/mol. The summed E-state index contributed by atoms with van der Waals surface area (Å²) in [5.41, 5.74) is 2.61. The molecule has 56 valence electrons. The van der Waals surface area contributed by atoms with Crippen LogP contribution in [0.15, 0.2) is 22.9 Å². The fourth-order valence-corrected chi connectivity index (χ4v) is 1.14. The highest BCUT2D eigenvalue weighted by atomic mass is 35.5. The molecule has 0 aliphatic carbocycles. The number of oxazole rings is 1. The van der Waals surface area contributed by atoms with Gasteiger partial charge in [-0.3, -0.25) is 0 Å². The van der Waals surface area contributed by atoms with E-state index in [9.17, 15) is 0 Å². The van der Waals surface area contributed by atoms with Crippen molar-refractivity contribution >= 4 is 22.7 Å². The minimum absolute atomic E-state index is 0.717. The number of nitrogens with zero attached hydrogens (tertiary/aromatic N) is 1. The first-order valence-electron chi connectivity index (χ1n) is 3.27. The Bertz CT molecular complexity index is 358. The molecule has 0 bridgehead atoms. The molecule has 0 radical (unpaired) electrons. The zero-order chi connectivity index (χ0) is 7.84. The number of rotatable bonds is 0. The van der Waals surface area contributed by atoms with Crippen molar-refractivity contribution in [3.05, 3.63) is 29.1 Å². The molecule has 0 N–H and O–H groups in total. The molecule has 2 aromatic rings. The van der Waals surface area contributed by atoms with Crippen LogP contribution in [0.3, 0.4) is 0 Å². The van der Waals surface area contributed by atoms with Crippen molar-refractivity contribution in [3.63, 3.8) is 0 Å². The third-order valence-corrected chi connectivity index (χ3v) is 2.02. The molecule has 0 saturated carbocycles. The summed E-state index contributed by atoms with van der Waals surface area (Å²) in [6.45, 7) is 1.94. The molecular weight excluding hydrogens is 162 g/mol. The maximum absolute atomic E-state index is 5.86. The Morgan fingerprint density at radius 2 is 2.27 bits per heavy atom. The molecule has 3 heteroatoms. The van der Waals surface area contributed by atoms with Crippen LogP contribution in [0.4, 0.5) is 0 Å². The number of fused-ring (bicyclic) bond motifs is 1. The van der Waals surface area contributed by atoms with E-state index in [1.807, 2.05) is 13.0 Å². The maximum Gasteiger partial charge on any atom is 0.181 e. The number of benzene rings is 1. The molecule has 0 saturated heterocycles. The third-order valence-electron chi connectivity index (χ3n) is 1.61. The normalized spacial score (nSPS) is 10.7.